The van der Waals surface area contributed by atoms with Crippen LogP contribution in [0.2, 0.25) is 0 Å². The topological polar surface area (TPSA) is 69.0 Å². The molecule has 6 nitrogen and oxygen atoms in total. The molecule has 0 aliphatic heterocycles. The van der Waals surface area contributed by atoms with Crippen molar-refractivity contribution < 1.29 is 13.9 Å². The molecule has 1 atom stereocenters. The van der Waals surface area contributed by atoms with Gasteiger partial charge in [0.1, 0.15) is 11.6 Å². The Kier molecular flexibility index (Phi) is 6.53. The normalized spacial score (nSPS) is 11.9. The van der Waals surface area contributed by atoms with E-state index in [0.717, 1.165) is 11.3 Å². The van der Waals surface area contributed by atoms with Gasteiger partial charge in [-0.1, -0.05) is 17.8 Å². The van der Waals surface area contributed by atoms with Crippen molar-refractivity contribution in [2.75, 3.05) is 11.1 Å². The van der Waals surface area contributed by atoms with E-state index in [0.29, 0.717) is 16.7 Å². The Labute approximate surface area is 173 Å². The van der Waals surface area contributed by atoms with Gasteiger partial charge in [0.25, 0.3) is 0 Å². The van der Waals surface area contributed by atoms with E-state index in [-0.39, 0.29) is 23.6 Å². The Bertz CT molecular complexity index is 1000. The van der Waals surface area contributed by atoms with Gasteiger partial charge >= 0.3 is 0 Å². The Morgan fingerprint density at radius 2 is 1.90 bits per heavy atom. The van der Waals surface area contributed by atoms with Crippen molar-refractivity contribution in [3.05, 3.63) is 65.2 Å². The first kappa shape index (κ1) is 20.9. The summed E-state index contributed by atoms with van der Waals surface area (Å²) in [5.74, 6) is 1.06. The Balaban J connectivity index is 1.58. The van der Waals surface area contributed by atoms with Crippen LogP contribution < -0.4 is 10.1 Å². The predicted octanol–water partition coefficient (Wildman–Crippen LogP) is 4.44. The first-order chi connectivity index (χ1) is 13.8. The van der Waals surface area contributed by atoms with Crippen LogP contribution in [-0.2, 0) is 11.8 Å². The van der Waals surface area contributed by atoms with Gasteiger partial charge in [0.05, 0.1) is 5.75 Å². The second-order valence-corrected chi connectivity index (χ2v) is 7.69. The molecule has 0 aliphatic carbocycles. The lowest BCUT2D eigenvalue weighted by Gasteiger charge is -2.15. The highest BCUT2D eigenvalue weighted by Gasteiger charge is 2.18. The standard InChI is InChI=1S/C21H23FN4O2S/c1-13-5-10-18(11-14(13)2)28-15(3)20-24-25-21(26(20)4)29-12-19(27)23-17-8-6-16(22)7-9-17/h5-11,15H,12H2,1-4H3,(H,23,27). The summed E-state index contributed by atoms with van der Waals surface area (Å²) in [5, 5.41) is 11.7. The second-order valence-electron chi connectivity index (χ2n) is 6.75. The molecule has 2 aromatic carbocycles. The molecule has 0 radical (unpaired) electrons. The minimum Gasteiger partial charge on any atom is -0.483 e. The van der Waals surface area contributed by atoms with Crippen molar-refractivity contribution in [2.24, 2.45) is 7.05 Å². The number of rotatable bonds is 7. The zero-order valence-corrected chi connectivity index (χ0v) is 17.6. The van der Waals surface area contributed by atoms with Gasteiger partial charge in [-0.25, -0.2) is 4.39 Å². The van der Waals surface area contributed by atoms with Crippen molar-refractivity contribution in [1.29, 1.82) is 0 Å². The number of nitrogens with one attached hydrogen (secondary N) is 1. The molecular weight excluding hydrogens is 391 g/mol. The monoisotopic (exact) mass is 414 g/mol. The van der Waals surface area contributed by atoms with Crippen molar-refractivity contribution in [3.8, 4) is 5.75 Å². The largest absolute Gasteiger partial charge is 0.483 e. The van der Waals surface area contributed by atoms with Crippen LogP contribution in [0.1, 0.15) is 30.0 Å². The zero-order chi connectivity index (χ0) is 21.0. The minimum atomic E-state index is -0.346. The van der Waals surface area contributed by atoms with Crippen molar-refractivity contribution in [1.82, 2.24) is 14.8 Å². The number of hydrogen-bond donors (Lipinski definition) is 1. The molecule has 1 amide bonds. The van der Waals surface area contributed by atoms with Crippen molar-refractivity contribution >= 4 is 23.4 Å². The van der Waals surface area contributed by atoms with E-state index in [1.54, 1.807) is 0 Å². The Morgan fingerprint density at radius 3 is 2.59 bits per heavy atom. The number of anilines is 1. The molecule has 0 bridgehead atoms. The molecule has 0 spiro atoms. The predicted molar refractivity (Wildman–Crippen MR) is 112 cm³/mol. The molecule has 0 aliphatic rings. The van der Waals surface area contributed by atoms with Crippen LogP contribution in [-0.4, -0.2) is 26.4 Å². The molecule has 152 valence electrons. The fourth-order valence-electron chi connectivity index (χ4n) is 2.71. The van der Waals surface area contributed by atoms with Crippen LogP contribution in [0, 0.1) is 19.7 Å². The maximum absolute atomic E-state index is 12.9. The number of carbonyl (C=O) groups excluding carboxylic acids is 1. The number of nitrogens with zero attached hydrogens (tertiary/aromatic N) is 3. The molecular formula is C21H23FN4O2S. The van der Waals surface area contributed by atoms with Gasteiger partial charge in [0.2, 0.25) is 5.91 Å². The number of amides is 1. The van der Waals surface area contributed by atoms with Crippen molar-refractivity contribution in [3.63, 3.8) is 0 Å². The van der Waals surface area contributed by atoms with E-state index in [2.05, 4.69) is 22.4 Å². The maximum Gasteiger partial charge on any atom is 0.234 e. The van der Waals surface area contributed by atoms with E-state index < -0.39 is 0 Å². The lowest BCUT2D eigenvalue weighted by Crippen LogP contribution is -2.15. The average Bonchev–Trinajstić information content (AvgIpc) is 3.05. The molecule has 3 aromatic rings. The maximum atomic E-state index is 12.9. The fraction of sp³-hybridized carbons (Fsp3) is 0.286. The number of aryl methyl sites for hydroxylation is 2. The van der Waals surface area contributed by atoms with Crippen LogP contribution in [0.3, 0.4) is 0 Å². The van der Waals surface area contributed by atoms with Crippen LogP contribution in [0.5, 0.6) is 5.75 Å². The first-order valence-electron chi connectivity index (χ1n) is 9.15. The number of thioether (sulfide) groups is 1. The summed E-state index contributed by atoms with van der Waals surface area (Å²) in [4.78, 5) is 12.1. The number of aromatic nitrogens is 3. The number of hydrogen-bond acceptors (Lipinski definition) is 5. The van der Waals surface area contributed by atoms with E-state index >= 15 is 0 Å². The summed E-state index contributed by atoms with van der Waals surface area (Å²) in [6, 6.07) is 11.6. The highest BCUT2D eigenvalue weighted by molar-refractivity contribution is 7.99. The molecule has 3 rings (SSSR count). The van der Waals surface area contributed by atoms with Crippen LogP contribution in [0.15, 0.2) is 47.6 Å². The quantitative estimate of drug-likeness (QED) is 0.579. The molecule has 1 unspecified atom stereocenters. The Morgan fingerprint density at radius 1 is 1.17 bits per heavy atom. The van der Waals surface area contributed by atoms with Gasteiger partial charge < -0.3 is 14.6 Å². The smallest absolute Gasteiger partial charge is 0.234 e. The number of carbonyl (C=O) groups is 1. The Hall–Kier alpha value is -2.87. The van der Waals surface area contributed by atoms with Gasteiger partial charge in [-0.05, 0) is 68.3 Å². The third kappa shape index (κ3) is 5.35. The summed E-state index contributed by atoms with van der Waals surface area (Å²) >= 11 is 1.27. The van der Waals surface area contributed by atoms with Gasteiger partial charge in [-0.15, -0.1) is 10.2 Å². The van der Waals surface area contributed by atoms with Crippen LogP contribution in [0.25, 0.3) is 0 Å². The lowest BCUT2D eigenvalue weighted by molar-refractivity contribution is -0.113. The molecule has 1 aromatic heterocycles. The molecule has 0 saturated heterocycles. The molecule has 29 heavy (non-hydrogen) atoms. The highest BCUT2D eigenvalue weighted by Crippen LogP contribution is 2.25. The lowest BCUT2D eigenvalue weighted by atomic mass is 10.1. The van der Waals surface area contributed by atoms with Gasteiger partial charge in [0.15, 0.2) is 17.1 Å². The molecule has 1 heterocycles. The molecule has 1 N–H and O–H groups in total. The summed E-state index contributed by atoms with van der Waals surface area (Å²) in [6.07, 6.45) is -0.294. The SMILES string of the molecule is Cc1ccc(OC(C)c2nnc(SCC(=O)Nc3ccc(F)cc3)n2C)cc1C. The number of ether oxygens (including phenoxy) is 1. The minimum absolute atomic E-state index is 0.162. The second kappa shape index (κ2) is 9.09. The summed E-state index contributed by atoms with van der Waals surface area (Å²) in [7, 11) is 1.84. The molecule has 8 heteroatoms. The van der Waals surface area contributed by atoms with Gasteiger partial charge in [-0.2, -0.15) is 0 Å². The average molecular weight is 415 g/mol. The van der Waals surface area contributed by atoms with E-state index in [1.807, 2.05) is 43.7 Å². The number of benzene rings is 2. The van der Waals surface area contributed by atoms with E-state index in [9.17, 15) is 9.18 Å². The molecule has 0 saturated carbocycles. The van der Waals surface area contributed by atoms with Crippen LogP contribution in [0.4, 0.5) is 10.1 Å². The van der Waals surface area contributed by atoms with Crippen molar-refractivity contribution in [2.45, 2.75) is 32.0 Å². The van der Waals surface area contributed by atoms with Gasteiger partial charge in [0, 0.05) is 12.7 Å². The summed E-state index contributed by atoms with van der Waals surface area (Å²) in [6.45, 7) is 6.01. The zero-order valence-electron chi connectivity index (χ0n) is 16.8. The third-order valence-electron chi connectivity index (χ3n) is 4.48. The van der Waals surface area contributed by atoms with Gasteiger partial charge in [-0.3, -0.25) is 4.79 Å². The highest BCUT2D eigenvalue weighted by atomic mass is 32.2. The summed E-state index contributed by atoms with van der Waals surface area (Å²) in [5.41, 5.74) is 2.92. The summed E-state index contributed by atoms with van der Waals surface area (Å²) < 4.78 is 20.8. The third-order valence-corrected chi connectivity index (χ3v) is 5.50. The first-order valence-corrected chi connectivity index (χ1v) is 10.1. The molecule has 0 fully saturated rings. The van der Waals surface area contributed by atoms with Crippen LogP contribution >= 0.6 is 11.8 Å². The number of halogens is 1. The van der Waals surface area contributed by atoms with E-state index in [4.69, 9.17) is 4.74 Å². The van der Waals surface area contributed by atoms with E-state index in [1.165, 1.54) is 41.6 Å². The fourth-order valence-corrected chi connectivity index (χ4v) is 3.43.